The highest BCUT2D eigenvalue weighted by atomic mass is 19.1. The van der Waals surface area contributed by atoms with Crippen LogP contribution in [0.25, 0.3) is 0 Å². The van der Waals surface area contributed by atoms with E-state index in [0.29, 0.717) is 18.4 Å². The van der Waals surface area contributed by atoms with Crippen molar-refractivity contribution in [3.63, 3.8) is 0 Å². The van der Waals surface area contributed by atoms with Gasteiger partial charge in [-0.3, -0.25) is 24.2 Å². The highest BCUT2D eigenvalue weighted by Crippen LogP contribution is 2.24. The van der Waals surface area contributed by atoms with Crippen LogP contribution in [0.3, 0.4) is 0 Å². The standard InChI is InChI=1S/C43H59FN4O11/c1-7-58-37(52)17-11-13-26(4)36-16-10-8-9-15-35(51)28(6)39(53)32(19-18-27(5)49)40(54)46-38(25(2)3)41(55)45-34(23-29-21-30(44)24-31(50)22-29)42(56)48-20-12-14-33(47-48)43(57)59-36/h8-11,13,15,17,21-22,24-25,28,32-36,38-39,47,50-51,53H,7,12,14,16,18-20,23H2,1-6H3,(H,45,55)(H,46,54)/b10-8+,15-9+,17-11+,26-13+/t28-,32+,33?,34-,35-,36-,38-,39+/m0/s1. The fourth-order valence-electron chi connectivity index (χ4n) is 6.69. The number of ether oxygens (including phenoxy) is 2. The molecule has 59 heavy (non-hydrogen) atoms. The molecule has 8 atom stereocenters. The average Bonchev–Trinajstić information content (AvgIpc) is 3.17. The molecule has 2 aliphatic rings. The van der Waals surface area contributed by atoms with Crippen molar-refractivity contribution < 1.29 is 58.0 Å². The highest BCUT2D eigenvalue weighted by Gasteiger charge is 2.38. The summed E-state index contributed by atoms with van der Waals surface area (Å²) in [4.78, 5) is 79.8. The number of benzene rings is 1. The Morgan fingerprint density at radius 3 is 2.46 bits per heavy atom. The molecule has 3 amide bonds. The first-order chi connectivity index (χ1) is 27.9. The molecule has 0 spiro atoms. The second kappa shape index (κ2) is 23.4. The molecule has 16 heteroatoms. The fraction of sp³-hybridized carbons (Fsp3) is 0.535. The van der Waals surface area contributed by atoms with Crippen molar-refractivity contribution in [3.8, 4) is 5.75 Å². The monoisotopic (exact) mass is 826 g/mol. The maximum absolute atomic E-state index is 14.4. The van der Waals surface area contributed by atoms with Gasteiger partial charge in [0.15, 0.2) is 0 Å². The lowest BCUT2D eigenvalue weighted by Gasteiger charge is -2.36. The van der Waals surface area contributed by atoms with E-state index in [2.05, 4.69) is 16.1 Å². The van der Waals surface area contributed by atoms with Crippen molar-refractivity contribution in [1.82, 2.24) is 21.1 Å². The molecule has 1 saturated heterocycles. The summed E-state index contributed by atoms with van der Waals surface area (Å²) in [5, 5.41) is 39.1. The van der Waals surface area contributed by atoms with Gasteiger partial charge in [-0.05, 0) is 69.2 Å². The summed E-state index contributed by atoms with van der Waals surface area (Å²) in [6.07, 6.45) is 7.40. The molecular formula is C43H59FN4O11. The predicted molar refractivity (Wildman–Crippen MR) is 215 cm³/mol. The average molecular weight is 827 g/mol. The van der Waals surface area contributed by atoms with Gasteiger partial charge in [-0.15, -0.1) is 0 Å². The number of aliphatic hydroxyl groups excluding tert-OH is 2. The molecule has 2 heterocycles. The fourth-order valence-corrected chi connectivity index (χ4v) is 6.69. The molecule has 1 aromatic rings. The molecule has 1 fully saturated rings. The molecule has 0 radical (unpaired) electrons. The van der Waals surface area contributed by atoms with Crippen molar-refractivity contribution >= 4 is 35.4 Å². The van der Waals surface area contributed by atoms with Crippen LogP contribution >= 0.6 is 0 Å². The van der Waals surface area contributed by atoms with Crippen LogP contribution in [0, 0.1) is 23.6 Å². The third kappa shape index (κ3) is 15.2. The number of ketones is 1. The second-order valence-electron chi connectivity index (χ2n) is 15.3. The third-order valence-corrected chi connectivity index (χ3v) is 10.2. The number of nitrogens with zero attached hydrogens (tertiary/aromatic N) is 1. The van der Waals surface area contributed by atoms with E-state index in [1.807, 2.05) is 0 Å². The largest absolute Gasteiger partial charge is 0.508 e. The number of carbonyl (C=O) groups excluding carboxylic acids is 6. The Hall–Kier alpha value is -5.19. The highest BCUT2D eigenvalue weighted by molar-refractivity contribution is 5.93. The summed E-state index contributed by atoms with van der Waals surface area (Å²) in [6, 6.07) is -0.410. The number of esters is 2. The second-order valence-corrected chi connectivity index (χ2v) is 15.3. The summed E-state index contributed by atoms with van der Waals surface area (Å²) in [5.74, 6) is -7.57. The maximum atomic E-state index is 14.4. The zero-order chi connectivity index (χ0) is 43.8. The quantitative estimate of drug-likeness (QED) is 0.114. The summed E-state index contributed by atoms with van der Waals surface area (Å²) in [7, 11) is 0. The van der Waals surface area contributed by atoms with Crippen LogP contribution in [0.15, 0.2) is 66.3 Å². The van der Waals surface area contributed by atoms with Crippen molar-refractivity contribution in [3.05, 3.63) is 77.7 Å². The normalized spacial score (nSPS) is 28.2. The number of aliphatic hydroxyl groups is 2. The van der Waals surface area contributed by atoms with Crippen LogP contribution in [0.4, 0.5) is 4.39 Å². The van der Waals surface area contributed by atoms with E-state index >= 15 is 0 Å². The lowest BCUT2D eigenvalue weighted by atomic mass is 9.84. The number of phenolic OH excluding ortho intramolecular Hbond substituents is 1. The van der Waals surface area contributed by atoms with Gasteiger partial charge in [-0.25, -0.2) is 14.6 Å². The van der Waals surface area contributed by atoms with Crippen molar-refractivity contribution in [2.45, 2.75) is 117 Å². The van der Waals surface area contributed by atoms with E-state index in [-0.39, 0.29) is 50.2 Å². The predicted octanol–water partition coefficient (Wildman–Crippen LogP) is 3.03. The number of halogens is 1. The summed E-state index contributed by atoms with van der Waals surface area (Å²) in [6.45, 7) is 9.91. The topological polar surface area (TPSA) is 221 Å². The van der Waals surface area contributed by atoms with E-state index in [4.69, 9.17) is 9.47 Å². The molecule has 2 aliphatic heterocycles. The number of Topliss-reactive ketones (excluding diaryl/α,β-unsaturated/α-hetero) is 1. The van der Waals surface area contributed by atoms with Gasteiger partial charge in [-0.2, -0.15) is 0 Å². The summed E-state index contributed by atoms with van der Waals surface area (Å²) in [5.41, 5.74) is 3.66. The van der Waals surface area contributed by atoms with Crippen LogP contribution < -0.4 is 16.1 Å². The summed E-state index contributed by atoms with van der Waals surface area (Å²) < 4.78 is 25.3. The number of hydrogen-bond donors (Lipinski definition) is 6. The number of cyclic esters (lactones) is 1. The minimum atomic E-state index is -1.46. The number of carbonyl (C=O) groups is 6. The van der Waals surface area contributed by atoms with Crippen LogP contribution in [-0.2, 0) is 44.7 Å². The first kappa shape index (κ1) is 48.2. The number of rotatable bonds is 10. The van der Waals surface area contributed by atoms with Crippen molar-refractivity contribution in [2.24, 2.45) is 17.8 Å². The Morgan fingerprint density at radius 1 is 1.07 bits per heavy atom. The smallest absolute Gasteiger partial charge is 0.330 e. The number of hydrazine groups is 1. The first-order valence-corrected chi connectivity index (χ1v) is 20.0. The molecule has 0 aliphatic carbocycles. The number of hydrogen-bond acceptors (Lipinski definition) is 12. The van der Waals surface area contributed by atoms with Gasteiger partial charge in [0.2, 0.25) is 11.8 Å². The van der Waals surface area contributed by atoms with E-state index in [1.54, 1.807) is 45.9 Å². The molecule has 0 aromatic heterocycles. The number of fused-ring (bicyclic) bond motifs is 2. The van der Waals surface area contributed by atoms with Gasteiger partial charge in [0.1, 0.15) is 41.6 Å². The Labute approximate surface area is 344 Å². The number of allylic oxidation sites excluding steroid dienone is 4. The molecule has 6 N–H and O–H groups in total. The minimum absolute atomic E-state index is 0.0613. The van der Waals surface area contributed by atoms with Gasteiger partial charge in [0, 0.05) is 43.9 Å². The van der Waals surface area contributed by atoms with E-state index in [0.717, 1.165) is 12.1 Å². The van der Waals surface area contributed by atoms with Crippen LogP contribution in [0.2, 0.25) is 0 Å². The maximum Gasteiger partial charge on any atom is 0.330 e. The van der Waals surface area contributed by atoms with Crippen LogP contribution in [0.5, 0.6) is 5.75 Å². The molecular weight excluding hydrogens is 767 g/mol. The van der Waals surface area contributed by atoms with Gasteiger partial charge in [-0.1, -0.05) is 57.2 Å². The van der Waals surface area contributed by atoms with Gasteiger partial charge in [0.25, 0.3) is 5.91 Å². The zero-order valence-corrected chi connectivity index (χ0v) is 34.6. The molecule has 1 aromatic carbocycles. The Kier molecular flexibility index (Phi) is 19.1. The third-order valence-electron chi connectivity index (χ3n) is 10.2. The van der Waals surface area contributed by atoms with E-state index in [1.165, 1.54) is 49.2 Å². The summed E-state index contributed by atoms with van der Waals surface area (Å²) >= 11 is 0. The number of aromatic hydroxyl groups is 1. The van der Waals surface area contributed by atoms with Crippen molar-refractivity contribution in [1.29, 1.82) is 0 Å². The Morgan fingerprint density at radius 2 is 1.80 bits per heavy atom. The lowest BCUT2D eigenvalue weighted by molar-refractivity contribution is -0.156. The molecule has 3 rings (SSSR count). The molecule has 324 valence electrons. The minimum Gasteiger partial charge on any atom is -0.508 e. The van der Waals surface area contributed by atoms with Gasteiger partial charge < -0.3 is 40.2 Å². The molecule has 2 bridgehead atoms. The lowest BCUT2D eigenvalue weighted by Crippen LogP contribution is -2.62. The number of amides is 3. The number of nitrogens with one attached hydrogen (secondary N) is 3. The first-order valence-electron chi connectivity index (χ1n) is 20.0. The van der Waals surface area contributed by atoms with E-state index < -0.39 is 95.4 Å². The van der Waals surface area contributed by atoms with Crippen LogP contribution in [-0.4, -0.2) is 105 Å². The number of phenols is 1. The molecule has 1 unspecified atom stereocenters. The van der Waals surface area contributed by atoms with Crippen LogP contribution in [0.1, 0.15) is 79.2 Å². The van der Waals surface area contributed by atoms with Gasteiger partial charge >= 0.3 is 11.9 Å². The molecule has 0 saturated carbocycles. The SMILES string of the molecule is CCOC(=O)/C=C/C=C(\C)[C@@H]1C/C=C/C=C/[C@H](O)[C@H](C)[C@@H](O)[C@@H](CCC(C)=O)C(=O)N[C@@H](C(C)C)C(=O)N[C@@H](Cc2cc(O)cc(F)c2)C(=O)N2CCCC(N2)C(=O)O1. The Bertz CT molecular complexity index is 1760. The van der Waals surface area contributed by atoms with Crippen molar-refractivity contribution in [2.75, 3.05) is 13.2 Å². The van der Waals surface area contributed by atoms with Gasteiger partial charge in [0.05, 0.1) is 24.7 Å². The molecule has 15 nitrogen and oxygen atoms in total. The van der Waals surface area contributed by atoms with E-state index in [9.17, 15) is 48.5 Å². The zero-order valence-electron chi connectivity index (χ0n) is 34.6. The Balaban J connectivity index is 2.09.